The third-order valence-corrected chi connectivity index (χ3v) is 1.84. The van der Waals surface area contributed by atoms with Gasteiger partial charge in [0.15, 0.2) is 0 Å². The smallest absolute Gasteiger partial charge is 0.0665 e. The zero-order valence-corrected chi connectivity index (χ0v) is 7.69. The molecule has 1 atom stereocenters. The van der Waals surface area contributed by atoms with Gasteiger partial charge in [-0.1, -0.05) is 6.07 Å². The van der Waals surface area contributed by atoms with E-state index in [9.17, 15) is 0 Å². The van der Waals surface area contributed by atoms with E-state index in [1.54, 1.807) is 12.4 Å². The lowest BCUT2D eigenvalue weighted by atomic mass is 10.1. The minimum absolute atomic E-state index is 0.0752. The predicted octanol–water partition coefficient (Wildman–Crippen LogP) is 0.812. The lowest BCUT2D eigenvalue weighted by molar-refractivity contribution is 0.142. The van der Waals surface area contributed by atoms with Gasteiger partial charge in [-0.3, -0.25) is 4.98 Å². The highest BCUT2D eigenvalue weighted by Crippen LogP contribution is 1.98. The van der Waals surface area contributed by atoms with Crippen molar-refractivity contribution < 1.29 is 5.11 Å². The van der Waals surface area contributed by atoms with E-state index in [1.165, 1.54) is 0 Å². The summed E-state index contributed by atoms with van der Waals surface area (Å²) in [5.74, 6) is 0. The molecular weight excluding hydrogens is 164 g/mol. The van der Waals surface area contributed by atoms with Gasteiger partial charge in [-0.25, -0.2) is 0 Å². The Kier molecular flexibility index (Phi) is 5.13. The van der Waals surface area contributed by atoms with Crippen molar-refractivity contribution in [2.45, 2.75) is 18.9 Å². The molecule has 1 fully saturated rings. The number of nitrogens with zero attached hydrogens (tertiary/aromatic N) is 1. The number of β-amino-alcohol motifs (C(OH)–C–C–N with tert-alkyl or cyclic N) is 1. The number of aliphatic hydroxyl groups is 1. The van der Waals surface area contributed by atoms with Crippen LogP contribution in [0.2, 0.25) is 0 Å². The van der Waals surface area contributed by atoms with Gasteiger partial charge >= 0.3 is 0 Å². The van der Waals surface area contributed by atoms with E-state index in [1.807, 2.05) is 18.2 Å². The van der Waals surface area contributed by atoms with Crippen LogP contribution < -0.4 is 5.32 Å². The summed E-state index contributed by atoms with van der Waals surface area (Å²) >= 11 is 0. The number of hydrogen-bond acceptors (Lipinski definition) is 3. The minimum atomic E-state index is -0.0752. The third kappa shape index (κ3) is 5.33. The maximum absolute atomic E-state index is 8.85. The molecule has 2 heterocycles. The summed E-state index contributed by atoms with van der Waals surface area (Å²) in [7, 11) is 0. The summed E-state index contributed by atoms with van der Waals surface area (Å²) in [6, 6.07) is 5.72. The summed E-state index contributed by atoms with van der Waals surface area (Å²) in [5.41, 5.74) is 0. The van der Waals surface area contributed by atoms with E-state index in [2.05, 4.69) is 10.3 Å². The van der Waals surface area contributed by atoms with Crippen LogP contribution >= 0.6 is 0 Å². The molecule has 0 radical (unpaired) electrons. The van der Waals surface area contributed by atoms with Crippen molar-refractivity contribution in [3.63, 3.8) is 0 Å². The van der Waals surface area contributed by atoms with Crippen molar-refractivity contribution in [2.75, 3.05) is 13.1 Å². The molecule has 0 aromatic carbocycles. The first-order chi connectivity index (χ1) is 6.39. The first-order valence-electron chi connectivity index (χ1n) is 4.63. The molecule has 2 N–H and O–H groups in total. The molecule has 1 aliphatic heterocycles. The predicted molar refractivity (Wildman–Crippen MR) is 52.3 cm³/mol. The second kappa shape index (κ2) is 6.57. The summed E-state index contributed by atoms with van der Waals surface area (Å²) in [6.07, 6.45) is 5.53. The van der Waals surface area contributed by atoms with Crippen molar-refractivity contribution in [2.24, 2.45) is 0 Å². The van der Waals surface area contributed by atoms with Crippen molar-refractivity contribution in [3.8, 4) is 0 Å². The molecule has 3 nitrogen and oxygen atoms in total. The van der Waals surface area contributed by atoms with Gasteiger partial charge < -0.3 is 10.4 Å². The van der Waals surface area contributed by atoms with Gasteiger partial charge in [0.2, 0.25) is 0 Å². The third-order valence-electron chi connectivity index (χ3n) is 1.84. The first-order valence-corrected chi connectivity index (χ1v) is 4.63. The summed E-state index contributed by atoms with van der Waals surface area (Å²) in [5, 5.41) is 11.9. The number of piperidine rings is 1. The molecule has 13 heavy (non-hydrogen) atoms. The van der Waals surface area contributed by atoms with Crippen LogP contribution in [0.25, 0.3) is 0 Å². The lowest BCUT2D eigenvalue weighted by Gasteiger charge is -2.16. The fourth-order valence-electron chi connectivity index (χ4n) is 1.15. The van der Waals surface area contributed by atoms with Gasteiger partial charge in [-0.05, 0) is 31.5 Å². The second-order valence-corrected chi connectivity index (χ2v) is 3.02. The molecule has 1 aromatic heterocycles. The quantitative estimate of drug-likeness (QED) is 0.621. The molecule has 1 aliphatic rings. The van der Waals surface area contributed by atoms with Gasteiger partial charge in [0.05, 0.1) is 6.10 Å². The van der Waals surface area contributed by atoms with Gasteiger partial charge in [0, 0.05) is 18.9 Å². The Morgan fingerprint density at radius 1 is 1.23 bits per heavy atom. The van der Waals surface area contributed by atoms with E-state index in [0.717, 1.165) is 25.9 Å². The van der Waals surface area contributed by atoms with Crippen LogP contribution in [0.5, 0.6) is 0 Å². The molecule has 0 saturated carbocycles. The Labute approximate surface area is 78.8 Å². The topological polar surface area (TPSA) is 45.1 Å². The monoisotopic (exact) mass is 180 g/mol. The van der Waals surface area contributed by atoms with Crippen LogP contribution in [-0.2, 0) is 0 Å². The highest BCUT2D eigenvalue weighted by molar-refractivity contribution is 4.88. The Morgan fingerprint density at radius 3 is 2.23 bits per heavy atom. The van der Waals surface area contributed by atoms with Crippen LogP contribution in [0.3, 0.4) is 0 Å². The fraction of sp³-hybridized carbons (Fsp3) is 0.500. The highest BCUT2D eigenvalue weighted by atomic mass is 16.3. The summed E-state index contributed by atoms with van der Waals surface area (Å²) in [4.78, 5) is 3.78. The Bertz CT molecular complexity index is 171. The Hall–Kier alpha value is -0.930. The molecule has 2 rings (SSSR count). The Morgan fingerprint density at radius 2 is 2.00 bits per heavy atom. The van der Waals surface area contributed by atoms with Crippen LogP contribution in [0.1, 0.15) is 12.8 Å². The van der Waals surface area contributed by atoms with E-state index in [4.69, 9.17) is 5.11 Å². The van der Waals surface area contributed by atoms with Crippen molar-refractivity contribution in [1.82, 2.24) is 10.3 Å². The van der Waals surface area contributed by atoms with E-state index >= 15 is 0 Å². The van der Waals surface area contributed by atoms with E-state index < -0.39 is 0 Å². The molecule has 0 aliphatic carbocycles. The van der Waals surface area contributed by atoms with Crippen molar-refractivity contribution in [1.29, 1.82) is 0 Å². The van der Waals surface area contributed by atoms with Crippen LogP contribution in [0, 0.1) is 0 Å². The van der Waals surface area contributed by atoms with Gasteiger partial charge in [-0.15, -0.1) is 0 Å². The first kappa shape index (κ1) is 10.2. The molecule has 1 saturated heterocycles. The Balaban J connectivity index is 0.000000132. The van der Waals surface area contributed by atoms with E-state index in [-0.39, 0.29) is 6.10 Å². The van der Waals surface area contributed by atoms with Crippen molar-refractivity contribution >= 4 is 0 Å². The zero-order valence-electron chi connectivity index (χ0n) is 7.69. The average Bonchev–Trinajstić information content (AvgIpc) is 2.22. The number of aromatic nitrogens is 1. The molecular formula is C10H16N2O. The molecule has 0 unspecified atom stereocenters. The standard InChI is InChI=1S/C5H11NO.C5H5N/c7-5-2-1-3-6-4-5;1-2-4-6-5-3-1/h5-7H,1-4H2;1-5H/t5-;/m0./s1. The maximum atomic E-state index is 8.85. The summed E-state index contributed by atoms with van der Waals surface area (Å²) in [6.45, 7) is 1.87. The highest BCUT2D eigenvalue weighted by Gasteiger charge is 2.06. The number of aliphatic hydroxyl groups excluding tert-OH is 1. The van der Waals surface area contributed by atoms with Gasteiger partial charge in [0.25, 0.3) is 0 Å². The molecule has 0 spiro atoms. The summed E-state index contributed by atoms with van der Waals surface area (Å²) < 4.78 is 0. The van der Waals surface area contributed by atoms with Gasteiger partial charge in [0.1, 0.15) is 0 Å². The number of nitrogens with one attached hydrogen (secondary N) is 1. The average molecular weight is 180 g/mol. The number of hydrogen-bond donors (Lipinski definition) is 2. The number of pyridine rings is 1. The fourth-order valence-corrected chi connectivity index (χ4v) is 1.15. The lowest BCUT2D eigenvalue weighted by Crippen LogP contribution is -2.33. The SMILES string of the molecule is O[C@H]1CCCNC1.c1ccncc1. The zero-order chi connectivity index (χ0) is 9.36. The largest absolute Gasteiger partial charge is 0.392 e. The van der Waals surface area contributed by atoms with Crippen LogP contribution in [-0.4, -0.2) is 29.3 Å². The van der Waals surface area contributed by atoms with Crippen molar-refractivity contribution in [3.05, 3.63) is 30.6 Å². The minimum Gasteiger partial charge on any atom is -0.392 e. The second-order valence-electron chi connectivity index (χ2n) is 3.02. The molecule has 3 heteroatoms. The molecule has 1 aromatic rings. The normalized spacial score (nSPS) is 21.5. The maximum Gasteiger partial charge on any atom is 0.0665 e. The molecule has 0 bridgehead atoms. The van der Waals surface area contributed by atoms with Crippen LogP contribution in [0.4, 0.5) is 0 Å². The van der Waals surface area contributed by atoms with Crippen LogP contribution in [0.15, 0.2) is 30.6 Å². The van der Waals surface area contributed by atoms with E-state index in [0.29, 0.717) is 0 Å². The van der Waals surface area contributed by atoms with Gasteiger partial charge in [-0.2, -0.15) is 0 Å². The number of rotatable bonds is 0. The molecule has 0 amide bonds. The molecule has 72 valence electrons.